The van der Waals surface area contributed by atoms with E-state index in [-0.39, 0.29) is 107 Å². The van der Waals surface area contributed by atoms with Gasteiger partial charge in [0.2, 0.25) is 0 Å². The number of aliphatic hydroxyl groups is 2. The molecule has 0 aliphatic carbocycles. The largest absolute Gasteiger partial charge is 0.480 e. The van der Waals surface area contributed by atoms with E-state index in [1.807, 2.05) is 123 Å². The zero-order valence-electron chi connectivity index (χ0n) is 79.2. The van der Waals surface area contributed by atoms with Crippen molar-refractivity contribution in [1.82, 2.24) is 77.3 Å². The lowest BCUT2D eigenvalue weighted by Gasteiger charge is -2.18. The summed E-state index contributed by atoms with van der Waals surface area (Å²) < 4.78 is 232. The maximum atomic E-state index is 12.9. The van der Waals surface area contributed by atoms with Gasteiger partial charge in [0.1, 0.15) is 58.5 Å². The zero-order valence-corrected chi connectivity index (χ0v) is 82.2. The number of aryl methyl sites for hydroxylation is 6. The van der Waals surface area contributed by atoms with Crippen LogP contribution in [-0.2, 0) is 72.2 Å². The van der Waals surface area contributed by atoms with Crippen LogP contribution in [0.5, 0.6) is 0 Å². The number of halogens is 21. The normalized spacial score (nSPS) is 13.3. The van der Waals surface area contributed by atoms with Gasteiger partial charge < -0.3 is 59.7 Å². The molecule has 0 saturated heterocycles. The predicted molar refractivity (Wildman–Crippen MR) is 492 cm³/mol. The number of nitrogens with two attached hydrogens (primary N) is 2. The van der Waals surface area contributed by atoms with Crippen LogP contribution < -0.4 is 11.5 Å². The van der Waals surface area contributed by atoms with Crippen LogP contribution in [0.4, 0.5) is 84.7 Å². The third-order valence-corrected chi connectivity index (χ3v) is 21.8. The van der Waals surface area contributed by atoms with Crippen molar-refractivity contribution in [1.29, 1.82) is 0 Å². The topological polar surface area (TPSA) is 389 Å². The first-order valence-electron chi connectivity index (χ1n) is 42.4. The fourth-order valence-electron chi connectivity index (χ4n) is 12.6. The minimum Gasteiger partial charge on any atom is -0.480 e. The first-order valence-corrected chi connectivity index (χ1v) is 44.0. The lowest BCUT2D eigenvalue weighted by atomic mass is 9.92. The number of alkyl halides is 19. The maximum Gasteiger partial charge on any atom is 0.434 e. The molecule has 4 aromatic carbocycles. The molecule has 772 valence electrons. The lowest BCUT2D eigenvalue weighted by molar-refractivity contribution is -0.142. The summed E-state index contributed by atoms with van der Waals surface area (Å²) in [4.78, 5) is 90.1. The molecule has 28 nitrogen and oxygen atoms in total. The number of hydrogen-bond donors (Lipinski definition) is 7. The fourth-order valence-corrected chi connectivity index (χ4v) is 12.9. The molecular weight excluding hydrogens is 2010 g/mol. The number of aromatic amines is 1. The van der Waals surface area contributed by atoms with Gasteiger partial charge in [-0.05, 0) is 168 Å². The summed E-state index contributed by atoms with van der Waals surface area (Å²) in [5, 5.41) is 45.5. The molecule has 12 aromatic rings. The van der Waals surface area contributed by atoms with Gasteiger partial charge in [-0.2, -0.15) is 89.2 Å². The van der Waals surface area contributed by atoms with E-state index in [2.05, 4.69) is 74.9 Å². The molecule has 9 N–H and O–H groups in total. The molecule has 0 fully saturated rings. The van der Waals surface area contributed by atoms with Crippen molar-refractivity contribution >= 4 is 79.9 Å². The Balaban J connectivity index is 0.000000341. The minimum atomic E-state index is -4.55. The van der Waals surface area contributed by atoms with Crippen LogP contribution >= 0.6 is 39.1 Å². The highest BCUT2D eigenvalue weighted by Crippen LogP contribution is 2.37. The van der Waals surface area contributed by atoms with Gasteiger partial charge in [-0.3, -0.25) is 19.2 Å². The Hall–Kier alpha value is -12.3. The van der Waals surface area contributed by atoms with Gasteiger partial charge in [0.05, 0.1) is 89.2 Å². The summed E-state index contributed by atoms with van der Waals surface area (Å²) in [6, 6.07) is 28.8. The Morgan fingerprint density at radius 1 is 0.418 bits per heavy atom. The van der Waals surface area contributed by atoms with Crippen molar-refractivity contribution in [2.24, 2.45) is 5.73 Å². The quantitative estimate of drug-likeness (QED) is 0.0231. The number of hydrogen-bond acceptors (Lipinski definition) is 18. The van der Waals surface area contributed by atoms with Crippen molar-refractivity contribution < 1.29 is 128 Å². The molecule has 3 unspecified atom stereocenters. The van der Waals surface area contributed by atoms with Gasteiger partial charge in [0, 0.05) is 65.4 Å². The molecule has 0 amide bonds. The molecule has 8 heterocycles. The number of benzene rings is 4. The number of carboxylic acids is 2. The number of carbonyl (C=O) groups excluding carboxylic acids is 4. The summed E-state index contributed by atoms with van der Waals surface area (Å²) in [5.41, 5.74) is 12.5. The summed E-state index contributed by atoms with van der Waals surface area (Å²) in [6.07, 6.45) is -18.8. The smallest absolute Gasteiger partial charge is 0.434 e. The fraction of sp³-hybridized carbons (Fsp3) is 0.413. The average Bonchev–Trinajstić information content (AvgIpc) is 1.65. The highest BCUT2D eigenvalue weighted by molar-refractivity contribution is 9.10. The maximum absolute atomic E-state index is 12.9. The van der Waals surface area contributed by atoms with Gasteiger partial charge >= 0.3 is 49.0 Å². The number of aliphatic carboxylic acids is 2. The molecule has 0 saturated carbocycles. The van der Waals surface area contributed by atoms with Gasteiger partial charge in [0.15, 0.2) is 45.8 Å². The summed E-state index contributed by atoms with van der Waals surface area (Å²) in [7, 11) is 0. The van der Waals surface area contributed by atoms with E-state index < -0.39 is 113 Å². The molecule has 8 aromatic heterocycles. The number of nitrogen functional groups attached to an aromatic ring is 1. The van der Waals surface area contributed by atoms with E-state index >= 15 is 0 Å². The number of H-pyrrole nitrogens is 1. The molecule has 0 aliphatic rings. The Labute approximate surface area is 816 Å². The summed E-state index contributed by atoms with van der Waals surface area (Å²) in [5.74, 6) is -2.11. The second-order valence-corrected chi connectivity index (χ2v) is 34.3. The number of anilines is 1. The zero-order chi connectivity index (χ0) is 108. The second-order valence-electron chi connectivity index (χ2n) is 32.1. The lowest BCUT2D eigenvalue weighted by Crippen LogP contribution is -2.20. The number of carboxylic acid groups (broad SMARTS) is 2. The Morgan fingerprint density at radius 3 is 1.00 bits per heavy atom. The van der Waals surface area contributed by atoms with E-state index in [4.69, 9.17) is 50.0 Å². The van der Waals surface area contributed by atoms with Gasteiger partial charge in [-0.15, -0.1) is 0 Å². The van der Waals surface area contributed by atoms with E-state index in [1.54, 1.807) is 43.1 Å². The number of imidazole rings is 6. The molecule has 8 atom stereocenters. The average molecular weight is 2120 g/mol. The summed E-state index contributed by atoms with van der Waals surface area (Å²) in [6.45, 7) is 28.4. The van der Waals surface area contributed by atoms with E-state index in [1.165, 1.54) is 89.9 Å². The van der Waals surface area contributed by atoms with Crippen molar-refractivity contribution in [3.05, 3.63) is 266 Å². The van der Waals surface area contributed by atoms with Crippen LogP contribution in [0.25, 0.3) is 11.4 Å². The van der Waals surface area contributed by atoms with Crippen LogP contribution in [0.15, 0.2) is 159 Å². The van der Waals surface area contributed by atoms with E-state index in [0.29, 0.717) is 23.3 Å². The third-order valence-electron chi connectivity index (χ3n) is 20.6. The second kappa shape index (κ2) is 52.4. The summed E-state index contributed by atoms with van der Waals surface area (Å²) >= 11 is 14.9. The SMILES string of the molecule is CC(=O)C(C)Br.CC(=O)C(C)n1cc(C(F)(F)F)nc1C.CC(C)c1c(N)cnn1-c1ccc(Cl)cc1.Cc1nc(C(F)(F)F)cn1C(C)C(=O)O.Cc1nc(C(F)(F)F)cn1[C@@H](C)C(=O)C[C@H](CO)c1ccccc1.Cc1nc(C(F)(F)F)cn1[C@@H](C)C(=O)Cc1cnn(-c2ccc(Cl)cc2)c1C(C)C.Cc1nc(C(F)(F)F)cn1[C@@H](C)C(=O)O.Cc1ncc(C(F)(F)F)[nH]1.N[C@H](CO)c1ccccc1. The van der Waals surface area contributed by atoms with Gasteiger partial charge in [-0.25, -0.2) is 48.9 Å². The van der Waals surface area contributed by atoms with Crippen molar-refractivity contribution in [3.8, 4) is 11.4 Å². The first-order chi connectivity index (χ1) is 65.0. The molecule has 0 spiro atoms. The molecule has 0 aliphatic heterocycles. The number of nitrogens with one attached hydrogen (secondary N) is 1. The number of Topliss-reactive ketones (excluding diaryl/α,β-unsaturated/α-hetero) is 4. The number of aliphatic hydroxyl groups excluding tert-OH is 2. The van der Waals surface area contributed by atoms with Crippen LogP contribution in [0.2, 0.25) is 10.0 Å². The van der Waals surface area contributed by atoms with Crippen LogP contribution in [0.1, 0.15) is 241 Å². The van der Waals surface area contributed by atoms with Crippen molar-refractivity contribution in [2.75, 3.05) is 18.9 Å². The molecule has 0 bridgehead atoms. The predicted octanol–water partition coefficient (Wildman–Crippen LogP) is 22.1. The third kappa shape index (κ3) is 36.6. The molecule has 0 radical (unpaired) electrons. The van der Waals surface area contributed by atoms with E-state index in [0.717, 1.165) is 84.1 Å². The minimum absolute atomic E-state index is 0.00398. The number of rotatable bonds is 23. The Bertz CT molecular complexity index is 5840. The molecule has 141 heavy (non-hydrogen) atoms. The van der Waals surface area contributed by atoms with Crippen molar-refractivity contribution in [2.45, 2.75) is 233 Å². The Kier molecular flexibility index (Phi) is 45.0. The molecular formula is C92H107BrCl2F18N18O10. The Morgan fingerprint density at radius 2 is 0.730 bits per heavy atom. The number of carbonyl (C=O) groups is 6. The van der Waals surface area contributed by atoms with Crippen LogP contribution in [0.3, 0.4) is 0 Å². The van der Waals surface area contributed by atoms with Crippen molar-refractivity contribution in [3.63, 3.8) is 0 Å². The van der Waals surface area contributed by atoms with Gasteiger partial charge in [0.25, 0.3) is 0 Å². The number of nitrogens with zero attached hydrogens (tertiary/aromatic N) is 15. The van der Waals surface area contributed by atoms with Gasteiger partial charge in [-0.1, -0.05) is 127 Å². The number of ketones is 4. The first kappa shape index (κ1) is 121. The monoisotopic (exact) mass is 2110 g/mol. The van der Waals surface area contributed by atoms with Crippen LogP contribution in [0, 0.1) is 41.5 Å². The highest BCUT2D eigenvalue weighted by atomic mass is 79.9. The van der Waals surface area contributed by atoms with E-state index in [9.17, 15) is 113 Å². The molecule has 49 heteroatoms. The van der Waals surface area contributed by atoms with Crippen LogP contribution in [-0.4, -0.2) is 151 Å². The highest BCUT2D eigenvalue weighted by Gasteiger charge is 2.41. The molecule has 12 rings (SSSR count). The standard InChI is InChI=1S/C21H22ClF3N4O.C17H19F3N2O2.C12H14ClN3.C9H11F3N2O.2C8H9F3N2O2.C8H11NO.C5H5F3N2.C4H7BrO/c1-12(2)20-15(10-26-29(20)17-7-5-16(22)6-8-17)9-18(30)13(3)28-11-19(21(23,24)25)27-14(28)4;1-11(22-9-16(17(18,19)20)21-12(22)2)15(24)8-14(10-23)13-6-4-3-5-7-13;1-8(2)12-11(14)7-15-16(12)10-5-3-9(13)4-6-10;1-5(6(2)15)14-4-8(9(10,11)12)13-7(14)3;2*1-4(7(14)15)13-3-6(8(9,10)11)12-5(13)2;9-8(6-10)7-4-2-1-3-5-7;1-3-9-2-4(10-3)5(6,7)8;1-3(5)4(2)6/h5-8,10-13H,9H2,1-4H3;3-7,9,11,14,23H,8,10H2,1-2H3;3-8H,14H2,1-2H3;4-5H,1-3H3;2*3-4H,1-2H3,(H,14,15);1-5,8,10H,6,9H2;2H,1H3,(H,9,10);3H,1-2H3/t13-;11-,14+;;;4-;;8-;;/m00..0.1../s1. The number of aromatic nitrogens is 16.